The minimum absolute atomic E-state index is 0.334. The molecule has 0 aromatic carbocycles. The van der Waals surface area contributed by atoms with Gasteiger partial charge in [0.05, 0.1) is 12.6 Å². The lowest BCUT2D eigenvalue weighted by atomic mass is 9.93. The summed E-state index contributed by atoms with van der Waals surface area (Å²) in [5.41, 5.74) is 0.334. The van der Waals surface area contributed by atoms with E-state index in [-0.39, 0.29) is 0 Å². The summed E-state index contributed by atoms with van der Waals surface area (Å²) in [6.45, 7) is 7.21. The van der Waals surface area contributed by atoms with Crippen molar-refractivity contribution in [3.63, 3.8) is 0 Å². The third-order valence-corrected chi connectivity index (χ3v) is 1.05. The molecule has 0 rings (SSSR count). The molecule has 0 radical (unpaired) electrons. The molecule has 9 heavy (non-hydrogen) atoms. The Morgan fingerprint density at radius 3 is 2.33 bits per heavy atom. The molecule has 0 aliphatic carbocycles. The average Bonchev–Trinajstić information content (AvgIpc) is 1.63. The Balaban J connectivity index is 3.39. The van der Waals surface area contributed by atoms with E-state index in [0.29, 0.717) is 5.41 Å². The van der Waals surface area contributed by atoms with E-state index >= 15 is 0 Å². The molecule has 0 fully saturated rings. The van der Waals surface area contributed by atoms with Crippen LogP contribution < -0.4 is 0 Å². The molecule has 2 nitrogen and oxygen atoms in total. The minimum atomic E-state index is 0.334. The van der Waals surface area contributed by atoms with Crippen LogP contribution >= 0.6 is 0 Å². The molecule has 0 bridgehead atoms. The molecule has 2 heteroatoms. The first-order valence-corrected chi connectivity index (χ1v) is 3.14. The Morgan fingerprint density at radius 1 is 1.44 bits per heavy atom. The lowest BCUT2D eigenvalue weighted by Crippen LogP contribution is -2.05. The van der Waals surface area contributed by atoms with Crippen LogP contribution in [0.3, 0.4) is 0 Å². The second-order valence-electron chi connectivity index (χ2n) is 3.30. The van der Waals surface area contributed by atoms with E-state index in [4.69, 9.17) is 5.41 Å². The Kier molecular flexibility index (Phi) is 3.18. The van der Waals surface area contributed by atoms with Crippen molar-refractivity contribution in [3.8, 4) is 0 Å². The number of aliphatic imine (C=N–C) groups is 1. The standard InChI is InChI=1S/C7H14N2/c1-7(2,3)4-5-9-6-8/h8H,4-5H2,1-3H3. The highest BCUT2D eigenvalue weighted by Crippen LogP contribution is 2.17. The Hall–Kier alpha value is -0.620. The molecular weight excluding hydrogens is 112 g/mol. The van der Waals surface area contributed by atoms with Gasteiger partial charge in [0.15, 0.2) is 0 Å². The third-order valence-electron chi connectivity index (χ3n) is 1.05. The highest BCUT2D eigenvalue weighted by Gasteiger charge is 2.07. The van der Waals surface area contributed by atoms with Crippen LogP contribution in [0, 0.1) is 10.8 Å². The molecule has 0 aromatic rings. The Bertz CT molecular complexity index is 115. The van der Waals surface area contributed by atoms with Crippen LogP contribution in [0.2, 0.25) is 0 Å². The van der Waals surface area contributed by atoms with Gasteiger partial charge in [0.2, 0.25) is 0 Å². The van der Waals surface area contributed by atoms with Gasteiger partial charge in [0.25, 0.3) is 0 Å². The normalized spacial score (nSPS) is 10.6. The molecule has 0 saturated carbocycles. The highest BCUT2D eigenvalue weighted by atomic mass is 14.7. The third kappa shape index (κ3) is 7.38. The van der Waals surface area contributed by atoms with Crippen molar-refractivity contribution in [2.75, 3.05) is 6.54 Å². The summed E-state index contributed by atoms with van der Waals surface area (Å²) < 4.78 is 0. The zero-order valence-electron chi connectivity index (χ0n) is 6.36. The van der Waals surface area contributed by atoms with Gasteiger partial charge in [-0.1, -0.05) is 20.8 Å². The fraction of sp³-hybridized carbons (Fsp3) is 0.857. The first-order valence-electron chi connectivity index (χ1n) is 3.14. The van der Waals surface area contributed by atoms with Gasteiger partial charge in [0, 0.05) is 0 Å². The van der Waals surface area contributed by atoms with E-state index in [0.717, 1.165) is 13.0 Å². The maximum absolute atomic E-state index is 6.49. The van der Waals surface area contributed by atoms with Crippen molar-refractivity contribution in [2.24, 2.45) is 10.4 Å². The zero-order chi connectivity index (χ0) is 7.33. The van der Waals surface area contributed by atoms with E-state index in [9.17, 15) is 0 Å². The van der Waals surface area contributed by atoms with E-state index in [2.05, 4.69) is 25.8 Å². The average molecular weight is 126 g/mol. The van der Waals surface area contributed by atoms with Crippen molar-refractivity contribution < 1.29 is 0 Å². The molecule has 0 aromatic heterocycles. The predicted molar refractivity (Wildman–Crippen MR) is 39.1 cm³/mol. The van der Waals surface area contributed by atoms with Gasteiger partial charge in [-0.25, -0.2) is 10.4 Å². The molecule has 0 unspecified atom stereocenters. The largest absolute Gasteiger partial charge is 0.242 e. The summed E-state index contributed by atoms with van der Waals surface area (Å²) >= 11 is 0. The van der Waals surface area contributed by atoms with Gasteiger partial charge in [-0.15, -0.1) is 0 Å². The van der Waals surface area contributed by atoms with Crippen molar-refractivity contribution in [1.29, 1.82) is 5.41 Å². The summed E-state index contributed by atoms with van der Waals surface area (Å²) in [7, 11) is 0. The maximum Gasteiger partial charge on any atom is 0.0861 e. The van der Waals surface area contributed by atoms with Gasteiger partial charge < -0.3 is 0 Å². The van der Waals surface area contributed by atoms with Gasteiger partial charge in [0.1, 0.15) is 0 Å². The van der Waals surface area contributed by atoms with E-state index in [1.165, 1.54) is 0 Å². The highest BCUT2D eigenvalue weighted by molar-refractivity contribution is 5.35. The summed E-state index contributed by atoms with van der Waals surface area (Å²) in [6, 6.07) is 2.02. The van der Waals surface area contributed by atoms with E-state index < -0.39 is 0 Å². The van der Waals surface area contributed by atoms with Gasteiger partial charge in [-0.05, 0) is 11.8 Å². The second kappa shape index (κ2) is 3.41. The fourth-order valence-corrected chi connectivity index (χ4v) is 0.447. The van der Waals surface area contributed by atoms with Crippen molar-refractivity contribution in [3.05, 3.63) is 0 Å². The van der Waals surface area contributed by atoms with Crippen LogP contribution in [0.4, 0.5) is 0 Å². The number of hydrogen-bond donors (Lipinski definition) is 1. The first-order chi connectivity index (χ1) is 4.06. The summed E-state index contributed by atoms with van der Waals surface area (Å²) in [4.78, 5) is 3.67. The van der Waals surface area contributed by atoms with Crippen LogP contribution in [0.15, 0.2) is 4.99 Å². The molecule has 0 saturated heterocycles. The van der Waals surface area contributed by atoms with Crippen molar-refractivity contribution >= 4 is 6.01 Å². The van der Waals surface area contributed by atoms with Crippen molar-refractivity contribution in [1.82, 2.24) is 0 Å². The smallest absolute Gasteiger partial charge is 0.0861 e. The molecule has 0 aliphatic heterocycles. The number of nitrogens with zero attached hydrogens (tertiary/aromatic N) is 1. The van der Waals surface area contributed by atoms with Crippen molar-refractivity contribution in [2.45, 2.75) is 27.2 Å². The molecule has 52 valence electrons. The van der Waals surface area contributed by atoms with E-state index in [1.54, 1.807) is 0 Å². The Labute approximate surface area is 56.5 Å². The topological polar surface area (TPSA) is 36.2 Å². The molecule has 0 heterocycles. The molecule has 0 aliphatic rings. The second-order valence-corrected chi connectivity index (χ2v) is 3.30. The number of nitrogens with one attached hydrogen (secondary N) is 1. The lowest BCUT2D eigenvalue weighted by molar-refractivity contribution is 0.385. The SMILES string of the molecule is CC(C)(C)CCN=C=N. The molecular formula is C7H14N2. The Morgan fingerprint density at radius 2 is 2.00 bits per heavy atom. The quantitative estimate of drug-likeness (QED) is 0.550. The molecule has 0 atom stereocenters. The fourth-order valence-electron chi connectivity index (χ4n) is 0.447. The van der Waals surface area contributed by atoms with Crippen LogP contribution in [-0.4, -0.2) is 12.6 Å². The zero-order valence-corrected chi connectivity index (χ0v) is 6.36. The predicted octanol–water partition coefficient (Wildman–Crippen LogP) is 2.18. The molecule has 0 amide bonds. The summed E-state index contributed by atoms with van der Waals surface area (Å²) in [5, 5.41) is 6.49. The molecule has 0 spiro atoms. The molecule has 1 N–H and O–H groups in total. The summed E-state index contributed by atoms with van der Waals surface area (Å²) in [5.74, 6) is 0. The number of rotatable bonds is 2. The van der Waals surface area contributed by atoms with Crippen LogP contribution in [0.5, 0.6) is 0 Å². The minimum Gasteiger partial charge on any atom is -0.242 e. The monoisotopic (exact) mass is 126 g/mol. The van der Waals surface area contributed by atoms with Crippen LogP contribution in [0.1, 0.15) is 27.2 Å². The first kappa shape index (κ1) is 8.38. The van der Waals surface area contributed by atoms with E-state index in [1.807, 2.05) is 6.01 Å². The van der Waals surface area contributed by atoms with Gasteiger partial charge in [-0.2, -0.15) is 0 Å². The van der Waals surface area contributed by atoms with Gasteiger partial charge >= 0.3 is 0 Å². The van der Waals surface area contributed by atoms with Crippen LogP contribution in [0.25, 0.3) is 0 Å². The maximum atomic E-state index is 6.49. The van der Waals surface area contributed by atoms with Gasteiger partial charge in [-0.3, -0.25) is 0 Å². The number of hydrogen-bond acceptors (Lipinski definition) is 2. The lowest BCUT2D eigenvalue weighted by Gasteiger charge is -2.14. The summed E-state index contributed by atoms with van der Waals surface area (Å²) in [6.07, 6.45) is 1.03. The van der Waals surface area contributed by atoms with Crippen LogP contribution in [-0.2, 0) is 0 Å².